The Hall–Kier alpha value is -2.96. The van der Waals surface area contributed by atoms with E-state index in [4.69, 9.17) is 10.5 Å². The lowest BCUT2D eigenvalue weighted by molar-refractivity contribution is 0.102. The van der Waals surface area contributed by atoms with E-state index in [-0.39, 0.29) is 28.4 Å². The number of nitrogen functional groups attached to an aromatic ring is 1. The van der Waals surface area contributed by atoms with E-state index in [1.165, 1.54) is 25.1 Å². The van der Waals surface area contributed by atoms with E-state index < -0.39 is 17.7 Å². The Labute approximate surface area is 144 Å². The first-order chi connectivity index (χ1) is 11.9. The number of benzene rings is 1. The number of anilines is 2. The van der Waals surface area contributed by atoms with Gasteiger partial charge >= 0.3 is 0 Å². The summed E-state index contributed by atoms with van der Waals surface area (Å²) in [5, 5.41) is 2.41. The van der Waals surface area contributed by atoms with Gasteiger partial charge in [0.25, 0.3) is 5.91 Å². The van der Waals surface area contributed by atoms with Crippen molar-refractivity contribution in [1.29, 1.82) is 0 Å². The molecule has 1 aromatic heterocycles. The van der Waals surface area contributed by atoms with E-state index >= 15 is 0 Å². The molecule has 0 aliphatic carbocycles. The molecule has 0 spiro atoms. The van der Waals surface area contributed by atoms with Gasteiger partial charge in [0, 0.05) is 5.56 Å². The molecular weight excluding hydrogens is 328 g/mol. The van der Waals surface area contributed by atoms with Crippen LogP contribution in [0.5, 0.6) is 5.75 Å². The molecule has 0 fully saturated rings. The zero-order chi connectivity index (χ0) is 18.4. The third kappa shape index (κ3) is 4.53. The van der Waals surface area contributed by atoms with Crippen LogP contribution in [0, 0.1) is 18.7 Å². The lowest BCUT2D eigenvalue weighted by Gasteiger charge is -2.12. The maximum Gasteiger partial charge on any atom is 0.259 e. The van der Waals surface area contributed by atoms with Gasteiger partial charge in [-0.15, -0.1) is 0 Å². The van der Waals surface area contributed by atoms with Crippen LogP contribution in [0.1, 0.15) is 29.3 Å². The Morgan fingerprint density at radius 1 is 1.40 bits per heavy atom. The highest BCUT2D eigenvalue weighted by Crippen LogP contribution is 2.25. The number of nitrogens with two attached hydrogens (primary N) is 1. The second kappa shape index (κ2) is 8.23. The van der Waals surface area contributed by atoms with Crippen molar-refractivity contribution in [2.24, 2.45) is 0 Å². The predicted octanol–water partition coefficient (Wildman–Crippen LogP) is 3.85. The Kier molecular flexibility index (Phi) is 6.05. The summed E-state index contributed by atoms with van der Waals surface area (Å²) in [5.74, 6) is -2.36. The number of pyridine rings is 1. The predicted molar refractivity (Wildman–Crippen MR) is 92.6 cm³/mol. The quantitative estimate of drug-likeness (QED) is 0.473. The molecule has 0 aliphatic heterocycles. The summed E-state index contributed by atoms with van der Waals surface area (Å²) in [6.45, 7) is 3.65. The van der Waals surface area contributed by atoms with Crippen molar-refractivity contribution in [2.75, 3.05) is 17.7 Å². The highest BCUT2D eigenvalue weighted by Gasteiger charge is 2.17. The molecule has 2 rings (SSSR count). The maximum atomic E-state index is 14.4. The standard InChI is InChI=1S/C18H19F2N3O2/c1-3-4-5-9-25-14-8-6-7-13(15(14)19)22-18(24)12-10-11(2)16(20)23-17(12)21/h3-4,6-8,10H,5,9H2,1-2H3,(H2,21,23)(H,22,24). The largest absolute Gasteiger partial charge is 0.490 e. The van der Waals surface area contributed by atoms with Gasteiger partial charge in [0.15, 0.2) is 11.6 Å². The lowest BCUT2D eigenvalue weighted by Crippen LogP contribution is -2.17. The number of aryl methyl sites for hydroxylation is 1. The van der Waals surface area contributed by atoms with Gasteiger partial charge in [-0.3, -0.25) is 4.79 Å². The number of ether oxygens (including phenoxy) is 1. The molecule has 1 aromatic carbocycles. The first kappa shape index (κ1) is 18.4. The summed E-state index contributed by atoms with van der Waals surface area (Å²) in [7, 11) is 0. The van der Waals surface area contributed by atoms with Gasteiger partial charge < -0.3 is 15.8 Å². The molecule has 0 saturated heterocycles. The first-order valence-corrected chi connectivity index (χ1v) is 7.70. The van der Waals surface area contributed by atoms with Crippen LogP contribution >= 0.6 is 0 Å². The summed E-state index contributed by atoms with van der Waals surface area (Å²) >= 11 is 0. The minimum Gasteiger partial charge on any atom is -0.490 e. The minimum atomic E-state index is -0.753. The molecule has 0 bridgehead atoms. The summed E-state index contributed by atoms with van der Waals surface area (Å²) in [6.07, 6.45) is 4.42. The molecule has 25 heavy (non-hydrogen) atoms. The van der Waals surface area contributed by atoms with Crippen molar-refractivity contribution in [3.8, 4) is 5.75 Å². The molecule has 132 valence electrons. The molecule has 0 atom stereocenters. The van der Waals surface area contributed by atoms with Gasteiger partial charge in [0.2, 0.25) is 5.95 Å². The van der Waals surface area contributed by atoms with E-state index in [9.17, 15) is 13.6 Å². The highest BCUT2D eigenvalue weighted by atomic mass is 19.1. The van der Waals surface area contributed by atoms with Crippen molar-refractivity contribution in [2.45, 2.75) is 20.3 Å². The molecule has 0 saturated carbocycles. The van der Waals surface area contributed by atoms with Crippen molar-refractivity contribution in [3.63, 3.8) is 0 Å². The fraction of sp³-hybridized carbons (Fsp3) is 0.222. The number of hydrogen-bond donors (Lipinski definition) is 2. The van der Waals surface area contributed by atoms with E-state index in [0.717, 1.165) is 0 Å². The monoisotopic (exact) mass is 347 g/mol. The molecule has 0 radical (unpaired) electrons. The number of rotatable bonds is 6. The van der Waals surface area contributed by atoms with Crippen LogP contribution < -0.4 is 15.8 Å². The molecule has 1 heterocycles. The Morgan fingerprint density at radius 3 is 2.88 bits per heavy atom. The molecule has 2 aromatic rings. The van der Waals surface area contributed by atoms with Crippen LogP contribution in [0.25, 0.3) is 0 Å². The maximum absolute atomic E-state index is 14.4. The third-order valence-corrected chi connectivity index (χ3v) is 3.41. The summed E-state index contributed by atoms with van der Waals surface area (Å²) in [6, 6.07) is 5.69. The van der Waals surface area contributed by atoms with Crippen LogP contribution in [-0.2, 0) is 0 Å². The van der Waals surface area contributed by atoms with Gasteiger partial charge in [-0.05, 0) is 38.5 Å². The summed E-state index contributed by atoms with van der Waals surface area (Å²) in [5.41, 5.74) is 5.65. The number of hydrogen-bond acceptors (Lipinski definition) is 4. The van der Waals surface area contributed by atoms with Crippen LogP contribution in [0.15, 0.2) is 36.4 Å². The van der Waals surface area contributed by atoms with E-state index in [1.807, 2.05) is 19.1 Å². The molecule has 0 unspecified atom stereocenters. The SMILES string of the molecule is CC=CCCOc1cccc(NC(=O)c2cc(C)c(F)nc2N)c1F. The fourth-order valence-corrected chi connectivity index (χ4v) is 2.10. The average Bonchev–Trinajstić information content (AvgIpc) is 2.58. The van der Waals surface area contributed by atoms with Crippen LogP contribution in [0.3, 0.4) is 0 Å². The number of aromatic nitrogens is 1. The van der Waals surface area contributed by atoms with E-state index in [2.05, 4.69) is 10.3 Å². The minimum absolute atomic E-state index is 0.0299. The third-order valence-electron chi connectivity index (χ3n) is 3.41. The van der Waals surface area contributed by atoms with Crippen LogP contribution in [0.2, 0.25) is 0 Å². The molecule has 7 heteroatoms. The van der Waals surface area contributed by atoms with Gasteiger partial charge in [0.05, 0.1) is 17.9 Å². The number of allylic oxidation sites excluding steroid dienone is 1. The molecule has 1 amide bonds. The zero-order valence-electron chi connectivity index (χ0n) is 14.0. The lowest BCUT2D eigenvalue weighted by atomic mass is 10.1. The van der Waals surface area contributed by atoms with Gasteiger partial charge in [-0.2, -0.15) is 4.39 Å². The summed E-state index contributed by atoms with van der Waals surface area (Å²) in [4.78, 5) is 15.8. The topological polar surface area (TPSA) is 77.2 Å². The average molecular weight is 347 g/mol. The normalized spacial score (nSPS) is 10.9. The first-order valence-electron chi connectivity index (χ1n) is 7.70. The Morgan fingerprint density at radius 2 is 2.16 bits per heavy atom. The number of nitrogens with zero attached hydrogens (tertiary/aromatic N) is 1. The highest BCUT2D eigenvalue weighted by molar-refractivity contribution is 6.07. The van der Waals surface area contributed by atoms with Gasteiger partial charge in [-0.1, -0.05) is 18.2 Å². The van der Waals surface area contributed by atoms with Crippen LogP contribution in [-0.4, -0.2) is 17.5 Å². The van der Waals surface area contributed by atoms with E-state index in [0.29, 0.717) is 13.0 Å². The molecule has 3 N–H and O–H groups in total. The number of carbonyl (C=O) groups excluding carboxylic acids is 1. The Balaban J connectivity index is 2.17. The second-order valence-electron chi connectivity index (χ2n) is 5.31. The molecule has 0 aliphatic rings. The van der Waals surface area contributed by atoms with Crippen molar-refractivity contribution in [3.05, 3.63) is 59.3 Å². The number of nitrogens with one attached hydrogen (secondary N) is 1. The van der Waals surface area contributed by atoms with Gasteiger partial charge in [-0.25, -0.2) is 9.37 Å². The molecule has 5 nitrogen and oxygen atoms in total. The van der Waals surface area contributed by atoms with Crippen LogP contribution in [0.4, 0.5) is 20.3 Å². The van der Waals surface area contributed by atoms with Crippen molar-refractivity contribution < 1.29 is 18.3 Å². The number of amides is 1. The number of halogens is 2. The van der Waals surface area contributed by atoms with Crippen molar-refractivity contribution >= 4 is 17.4 Å². The zero-order valence-corrected chi connectivity index (χ0v) is 14.0. The second-order valence-corrected chi connectivity index (χ2v) is 5.31. The summed E-state index contributed by atoms with van der Waals surface area (Å²) < 4.78 is 33.1. The molecular formula is C18H19F2N3O2. The van der Waals surface area contributed by atoms with Crippen molar-refractivity contribution in [1.82, 2.24) is 4.98 Å². The fourth-order valence-electron chi connectivity index (χ4n) is 2.10. The van der Waals surface area contributed by atoms with E-state index in [1.54, 1.807) is 6.07 Å². The Bertz CT molecular complexity index is 807. The number of carbonyl (C=O) groups is 1. The smallest absolute Gasteiger partial charge is 0.259 e. The van der Waals surface area contributed by atoms with Gasteiger partial charge in [0.1, 0.15) is 5.82 Å².